The van der Waals surface area contributed by atoms with Crippen molar-refractivity contribution in [2.45, 2.75) is 10.8 Å². The summed E-state index contributed by atoms with van der Waals surface area (Å²) < 4.78 is 2.90. The van der Waals surface area contributed by atoms with Crippen LogP contribution < -0.4 is 0 Å². The molecule has 0 aliphatic carbocycles. The van der Waals surface area contributed by atoms with Gasteiger partial charge in [0.2, 0.25) is 0 Å². The van der Waals surface area contributed by atoms with Crippen LogP contribution in [0.25, 0.3) is 11.3 Å². The molecule has 4 nitrogen and oxygen atoms in total. The molecule has 2 aromatic heterocycles. The van der Waals surface area contributed by atoms with Gasteiger partial charge in [-0.25, -0.2) is 4.98 Å². The van der Waals surface area contributed by atoms with Crippen molar-refractivity contribution in [2.75, 3.05) is 5.75 Å². The van der Waals surface area contributed by atoms with E-state index in [1.165, 1.54) is 11.8 Å². The van der Waals surface area contributed by atoms with E-state index in [1.807, 2.05) is 35.5 Å². The number of hydrogen-bond donors (Lipinski definition) is 1. The SMILES string of the molecule is Cn1ccc(-c2csc(SCCC(=O)O)n2)c1. The number of carbonyl (C=O) groups is 1. The standard InChI is InChI=1S/C11H12N2O2S2/c1-13-4-2-8(6-13)9-7-17-11(12-9)16-5-3-10(14)15/h2,4,6-7H,3,5H2,1H3,(H,14,15). The Labute approximate surface area is 107 Å². The van der Waals surface area contributed by atoms with E-state index in [2.05, 4.69) is 4.98 Å². The van der Waals surface area contributed by atoms with Crippen LogP contribution in [0.2, 0.25) is 0 Å². The maximum Gasteiger partial charge on any atom is 0.304 e. The van der Waals surface area contributed by atoms with Gasteiger partial charge >= 0.3 is 5.97 Å². The zero-order chi connectivity index (χ0) is 12.3. The number of thioether (sulfide) groups is 1. The zero-order valence-corrected chi connectivity index (χ0v) is 10.9. The van der Waals surface area contributed by atoms with Crippen LogP contribution in [-0.2, 0) is 11.8 Å². The molecule has 0 aromatic carbocycles. The van der Waals surface area contributed by atoms with Gasteiger partial charge in [0.1, 0.15) is 0 Å². The third-order valence-electron chi connectivity index (χ3n) is 2.15. The zero-order valence-electron chi connectivity index (χ0n) is 9.29. The third kappa shape index (κ3) is 3.34. The Balaban J connectivity index is 1.98. The third-order valence-corrected chi connectivity index (χ3v) is 4.18. The van der Waals surface area contributed by atoms with Gasteiger partial charge in [0.15, 0.2) is 4.34 Å². The summed E-state index contributed by atoms with van der Waals surface area (Å²) in [6, 6.07) is 2.01. The minimum absolute atomic E-state index is 0.172. The fraction of sp³-hybridized carbons (Fsp3) is 0.273. The number of hydrogen-bond acceptors (Lipinski definition) is 4. The van der Waals surface area contributed by atoms with Gasteiger partial charge in [-0.15, -0.1) is 11.3 Å². The molecule has 0 amide bonds. The lowest BCUT2D eigenvalue weighted by atomic mass is 10.3. The Morgan fingerprint density at radius 2 is 2.47 bits per heavy atom. The lowest BCUT2D eigenvalue weighted by Crippen LogP contribution is -1.95. The minimum Gasteiger partial charge on any atom is -0.481 e. The van der Waals surface area contributed by atoms with Crippen LogP contribution in [-0.4, -0.2) is 26.4 Å². The fourth-order valence-corrected chi connectivity index (χ4v) is 3.17. The molecular formula is C11H12N2O2S2. The van der Waals surface area contributed by atoms with Crippen molar-refractivity contribution in [1.29, 1.82) is 0 Å². The molecule has 0 aliphatic heterocycles. The summed E-state index contributed by atoms with van der Waals surface area (Å²) in [6.45, 7) is 0. The summed E-state index contributed by atoms with van der Waals surface area (Å²) in [6.07, 6.45) is 4.16. The van der Waals surface area contributed by atoms with Crippen molar-refractivity contribution in [3.63, 3.8) is 0 Å². The first-order chi connectivity index (χ1) is 8.15. The molecule has 0 spiro atoms. The molecular weight excluding hydrogens is 256 g/mol. The highest BCUT2D eigenvalue weighted by molar-refractivity contribution is 8.01. The van der Waals surface area contributed by atoms with Crippen LogP contribution in [0.5, 0.6) is 0 Å². The molecule has 0 unspecified atom stereocenters. The van der Waals surface area contributed by atoms with E-state index in [9.17, 15) is 4.79 Å². The molecule has 0 saturated heterocycles. The van der Waals surface area contributed by atoms with Crippen LogP contribution >= 0.6 is 23.1 Å². The summed E-state index contributed by atoms with van der Waals surface area (Å²) in [5, 5.41) is 10.5. The quantitative estimate of drug-likeness (QED) is 0.847. The average molecular weight is 268 g/mol. The highest BCUT2D eigenvalue weighted by Gasteiger charge is 2.06. The molecule has 90 valence electrons. The van der Waals surface area contributed by atoms with Gasteiger partial charge in [-0.05, 0) is 6.07 Å². The van der Waals surface area contributed by atoms with Crippen molar-refractivity contribution in [3.8, 4) is 11.3 Å². The van der Waals surface area contributed by atoms with Crippen molar-refractivity contribution >= 4 is 29.1 Å². The van der Waals surface area contributed by atoms with Gasteiger partial charge in [-0.3, -0.25) is 4.79 Å². The van der Waals surface area contributed by atoms with Crippen molar-refractivity contribution in [2.24, 2.45) is 7.05 Å². The molecule has 1 N–H and O–H groups in total. The second kappa shape index (κ2) is 5.37. The van der Waals surface area contributed by atoms with E-state index in [0.29, 0.717) is 5.75 Å². The molecule has 0 aliphatic rings. The Morgan fingerprint density at radius 1 is 1.65 bits per heavy atom. The summed E-state index contributed by atoms with van der Waals surface area (Å²) in [5.74, 6) is -0.200. The maximum atomic E-state index is 10.4. The predicted molar refractivity (Wildman–Crippen MR) is 69.5 cm³/mol. The van der Waals surface area contributed by atoms with Gasteiger partial charge in [0.05, 0.1) is 12.1 Å². The van der Waals surface area contributed by atoms with Crippen LogP contribution in [0.4, 0.5) is 0 Å². The number of aliphatic carboxylic acids is 1. The van der Waals surface area contributed by atoms with E-state index in [4.69, 9.17) is 5.11 Å². The molecule has 0 atom stereocenters. The second-order valence-electron chi connectivity index (χ2n) is 3.56. The number of rotatable bonds is 5. The van der Waals surface area contributed by atoms with Crippen molar-refractivity contribution < 1.29 is 9.90 Å². The highest BCUT2D eigenvalue weighted by Crippen LogP contribution is 2.28. The monoisotopic (exact) mass is 268 g/mol. The first kappa shape index (κ1) is 12.2. The summed E-state index contributed by atoms with van der Waals surface area (Å²) in [7, 11) is 1.97. The van der Waals surface area contributed by atoms with E-state index >= 15 is 0 Å². The number of nitrogens with zero attached hydrogens (tertiary/aromatic N) is 2. The second-order valence-corrected chi connectivity index (χ2v) is 5.76. The van der Waals surface area contributed by atoms with Crippen LogP contribution in [0.3, 0.4) is 0 Å². The molecule has 0 radical (unpaired) electrons. The Bertz CT molecular complexity index is 519. The number of thiazole rings is 1. The summed E-state index contributed by atoms with van der Waals surface area (Å²) in [4.78, 5) is 14.9. The molecule has 0 fully saturated rings. The molecule has 6 heteroatoms. The normalized spacial score (nSPS) is 10.6. The molecule has 2 heterocycles. The maximum absolute atomic E-state index is 10.4. The number of carboxylic acids is 1. The number of carboxylic acid groups (broad SMARTS) is 1. The molecule has 17 heavy (non-hydrogen) atoms. The predicted octanol–water partition coefficient (Wildman–Crippen LogP) is 2.72. The molecule has 0 bridgehead atoms. The van der Waals surface area contributed by atoms with E-state index in [0.717, 1.165) is 15.6 Å². The smallest absolute Gasteiger partial charge is 0.304 e. The number of aryl methyl sites for hydroxylation is 1. The first-order valence-corrected chi connectivity index (χ1v) is 6.94. The topological polar surface area (TPSA) is 55.1 Å². The summed E-state index contributed by atoms with van der Waals surface area (Å²) >= 11 is 3.05. The lowest BCUT2D eigenvalue weighted by Gasteiger charge is -1.93. The minimum atomic E-state index is -0.766. The Hall–Kier alpha value is -1.27. The summed E-state index contributed by atoms with van der Waals surface area (Å²) in [5.41, 5.74) is 2.04. The van der Waals surface area contributed by atoms with Crippen molar-refractivity contribution in [3.05, 3.63) is 23.8 Å². The largest absolute Gasteiger partial charge is 0.481 e. The van der Waals surface area contributed by atoms with Gasteiger partial charge in [0, 0.05) is 36.1 Å². The van der Waals surface area contributed by atoms with Gasteiger partial charge < -0.3 is 9.67 Å². The van der Waals surface area contributed by atoms with Crippen LogP contribution in [0.1, 0.15) is 6.42 Å². The van der Waals surface area contributed by atoms with Gasteiger partial charge in [0.25, 0.3) is 0 Å². The van der Waals surface area contributed by atoms with E-state index in [-0.39, 0.29) is 6.42 Å². The van der Waals surface area contributed by atoms with Crippen LogP contribution in [0, 0.1) is 0 Å². The molecule has 2 rings (SSSR count). The molecule has 0 saturated carbocycles. The average Bonchev–Trinajstić information content (AvgIpc) is 2.86. The van der Waals surface area contributed by atoms with E-state index in [1.54, 1.807) is 11.3 Å². The lowest BCUT2D eigenvalue weighted by molar-refractivity contribution is -0.136. The fourth-order valence-electron chi connectivity index (χ4n) is 1.34. The van der Waals surface area contributed by atoms with E-state index < -0.39 is 5.97 Å². The van der Waals surface area contributed by atoms with Gasteiger partial charge in [-0.2, -0.15) is 0 Å². The van der Waals surface area contributed by atoms with Crippen LogP contribution in [0.15, 0.2) is 28.2 Å². The Morgan fingerprint density at radius 3 is 3.12 bits per heavy atom. The first-order valence-electron chi connectivity index (χ1n) is 5.07. The number of aromatic nitrogens is 2. The molecule has 2 aromatic rings. The Kier molecular flexibility index (Phi) is 3.86. The highest BCUT2D eigenvalue weighted by atomic mass is 32.2. The van der Waals surface area contributed by atoms with Gasteiger partial charge in [-0.1, -0.05) is 11.8 Å². The van der Waals surface area contributed by atoms with Crippen molar-refractivity contribution in [1.82, 2.24) is 9.55 Å².